The summed E-state index contributed by atoms with van der Waals surface area (Å²) in [7, 11) is -7.28. The fourth-order valence-electron chi connectivity index (χ4n) is 5.90. The number of hydrogen-bond donors (Lipinski definition) is 4. The van der Waals surface area contributed by atoms with Crippen molar-refractivity contribution in [3.05, 3.63) is 134 Å². The van der Waals surface area contributed by atoms with Crippen LogP contribution in [0.3, 0.4) is 0 Å². The van der Waals surface area contributed by atoms with E-state index in [1.807, 2.05) is 0 Å². The number of nitro benzene ring substituents is 2. The Morgan fingerprint density at radius 3 is 2.20 bits per heavy atom. The predicted octanol–water partition coefficient (Wildman–Crippen LogP) is 9.16. The highest BCUT2D eigenvalue weighted by molar-refractivity contribution is 8.00. The number of nitrogens with one attached hydrogen (secondary N) is 4. The summed E-state index contributed by atoms with van der Waals surface area (Å²) in [6.07, 6.45) is 3.07. The maximum atomic E-state index is 13.6. The number of rotatable bonds is 23. The highest BCUT2D eigenvalue weighted by atomic mass is 32.2. The smallest absolute Gasteiger partial charge is 0.431 e. The molecular formula is C41H41N7O13S4. The number of nitro groups is 2. The zero-order chi connectivity index (χ0) is 46.6. The molecule has 0 saturated heterocycles. The molecular weight excluding hydrogens is 927 g/mol. The number of aromatic nitrogens is 1. The summed E-state index contributed by atoms with van der Waals surface area (Å²) in [5.41, 5.74) is 6.40. The largest absolute Gasteiger partial charge is 0.495 e. The number of non-ortho nitro benzene ring substituents is 2. The fraction of sp³-hybridized carbons (Fsp3) is 0.220. The third-order valence-corrected chi connectivity index (χ3v) is 14.1. The first-order valence-corrected chi connectivity index (χ1v) is 24.3. The molecule has 6 aromatic rings. The zero-order valence-electron chi connectivity index (χ0n) is 34.5. The number of unbranched alkanes of at least 4 members (excludes halogenated alkanes) is 3. The van der Waals surface area contributed by atoms with Crippen molar-refractivity contribution < 1.29 is 50.7 Å². The van der Waals surface area contributed by atoms with Gasteiger partial charge < -0.3 is 9.47 Å². The number of hydrogen-bond acceptors (Lipinski definition) is 17. The Labute approximate surface area is 381 Å². The molecule has 20 nitrogen and oxygen atoms in total. The van der Waals surface area contributed by atoms with E-state index >= 15 is 0 Å². The number of hydrazine groups is 1. The highest BCUT2D eigenvalue weighted by Crippen LogP contribution is 2.36. The first-order valence-electron chi connectivity index (χ1n) is 19.5. The molecule has 0 fully saturated rings. The first kappa shape index (κ1) is 47.9. The Morgan fingerprint density at radius 2 is 1.46 bits per heavy atom. The first-order chi connectivity index (χ1) is 31.1. The van der Waals surface area contributed by atoms with Gasteiger partial charge in [0.1, 0.15) is 23.0 Å². The monoisotopic (exact) mass is 967 g/mol. The molecule has 0 aliphatic rings. The lowest BCUT2D eigenvalue weighted by Gasteiger charge is -2.15. The van der Waals surface area contributed by atoms with E-state index in [1.54, 1.807) is 12.1 Å². The molecule has 0 aliphatic carbocycles. The summed E-state index contributed by atoms with van der Waals surface area (Å²) in [5, 5.41) is 22.7. The van der Waals surface area contributed by atoms with Gasteiger partial charge in [-0.05, 0) is 78.7 Å². The second-order valence-electron chi connectivity index (χ2n) is 13.8. The topological polar surface area (TPSA) is 270 Å². The molecule has 0 bridgehead atoms. The second kappa shape index (κ2) is 21.9. The van der Waals surface area contributed by atoms with Crippen LogP contribution in [0.2, 0.25) is 0 Å². The molecule has 0 radical (unpaired) electrons. The maximum Gasteiger partial charge on any atom is 0.431 e. The van der Waals surface area contributed by atoms with Crippen LogP contribution in [0.1, 0.15) is 43.7 Å². The number of fused-ring (bicyclic) bond motifs is 1. The van der Waals surface area contributed by atoms with Crippen molar-refractivity contribution in [2.75, 3.05) is 28.6 Å². The number of ether oxygens (including phenoxy) is 2. The van der Waals surface area contributed by atoms with Crippen molar-refractivity contribution in [1.82, 2.24) is 10.4 Å². The Hall–Kier alpha value is -6.57. The van der Waals surface area contributed by atoms with Crippen LogP contribution in [-0.4, -0.2) is 51.5 Å². The van der Waals surface area contributed by atoms with Crippen LogP contribution >= 0.6 is 23.1 Å². The van der Waals surface area contributed by atoms with Gasteiger partial charge in [0.2, 0.25) is 0 Å². The number of nitrogens with zero attached hydrogens (tertiary/aromatic N) is 3. The minimum Gasteiger partial charge on any atom is -0.495 e. The van der Waals surface area contributed by atoms with E-state index in [2.05, 4.69) is 32.2 Å². The third-order valence-electron chi connectivity index (χ3n) is 9.12. The van der Waals surface area contributed by atoms with Crippen molar-refractivity contribution in [1.29, 1.82) is 0 Å². The molecule has 0 spiro atoms. The third kappa shape index (κ3) is 13.2. The summed E-state index contributed by atoms with van der Waals surface area (Å²) in [6.45, 7) is 2.55. The second-order valence-corrected chi connectivity index (χ2v) is 19.4. The lowest BCUT2D eigenvalue weighted by atomic mass is 10.2. The Balaban J connectivity index is 1.05. The molecule has 6 rings (SSSR count). The van der Waals surface area contributed by atoms with Crippen molar-refractivity contribution in [3.63, 3.8) is 0 Å². The average molecular weight is 968 g/mol. The number of amides is 1. The van der Waals surface area contributed by atoms with Gasteiger partial charge in [-0.1, -0.05) is 50.1 Å². The van der Waals surface area contributed by atoms with Crippen molar-refractivity contribution in [3.8, 4) is 11.5 Å². The summed E-state index contributed by atoms with van der Waals surface area (Å²) < 4.78 is 70.7. The lowest BCUT2D eigenvalue weighted by molar-refractivity contribution is -0.385. The molecule has 0 unspecified atom stereocenters. The van der Waals surface area contributed by atoms with E-state index in [0.29, 0.717) is 38.0 Å². The quantitative estimate of drug-likeness (QED) is 0.0153. The zero-order valence-corrected chi connectivity index (χ0v) is 37.8. The molecule has 342 valence electrons. The number of anilines is 3. The lowest BCUT2D eigenvalue weighted by Crippen LogP contribution is -2.32. The Morgan fingerprint density at radius 1 is 0.769 bits per heavy atom. The molecule has 4 N–H and O–H groups in total. The van der Waals surface area contributed by atoms with Crippen LogP contribution in [-0.2, 0) is 42.2 Å². The molecule has 0 atom stereocenters. The summed E-state index contributed by atoms with van der Waals surface area (Å²) in [4.78, 5) is 48.9. The van der Waals surface area contributed by atoms with Gasteiger partial charge in [0.25, 0.3) is 31.4 Å². The predicted molar refractivity (Wildman–Crippen MR) is 244 cm³/mol. The van der Waals surface area contributed by atoms with E-state index in [-0.39, 0.29) is 56.4 Å². The van der Waals surface area contributed by atoms with Gasteiger partial charge in [-0.25, -0.2) is 41.8 Å². The van der Waals surface area contributed by atoms with Crippen LogP contribution in [0.25, 0.3) is 10.2 Å². The van der Waals surface area contributed by atoms with Crippen LogP contribution in [0.4, 0.5) is 33.2 Å². The molecule has 1 aromatic heterocycles. The van der Waals surface area contributed by atoms with Crippen LogP contribution < -0.4 is 29.8 Å². The van der Waals surface area contributed by atoms with Gasteiger partial charge >= 0.3 is 6.09 Å². The maximum absolute atomic E-state index is 13.6. The van der Waals surface area contributed by atoms with Gasteiger partial charge in [-0.15, -0.1) is 11.3 Å². The molecule has 1 heterocycles. The Bertz CT molecular complexity index is 2900. The number of benzene rings is 5. The van der Waals surface area contributed by atoms with Crippen LogP contribution in [0.15, 0.2) is 117 Å². The van der Waals surface area contributed by atoms with Crippen molar-refractivity contribution in [2.24, 2.45) is 0 Å². The number of carbonyl (C=O) groups is 1. The Kier molecular flexibility index (Phi) is 16.1. The number of methoxy groups -OCH3 is 1. The molecule has 1 amide bonds. The van der Waals surface area contributed by atoms with E-state index in [4.69, 9.17) is 19.2 Å². The standard InChI is InChI=1S/C41H41N7O13S4/c1-3-4-5-6-20-59-60-25-27-8-7-9-34(21-27)64(54,55)46-31-14-18-37(58-2)39(23-31)65(56,57)45-30-12-10-29(11-13-30)43-44-40(49)61-36-19-16-32(47(50)51)22-28(36)26-62-41-42-35-17-15-33(48(52)53)24-38(35)63-41/h7-19,21-24,43,45-46H,3-6,20,25-26H2,1-2H3,(H,44,49). The van der Waals surface area contributed by atoms with Gasteiger partial charge in [0, 0.05) is 41.3 Å². The number of sulfonamides is 2. The number of thiazole rings is 1. The van der Waals surface area contributed by atoms with E-state index in [0.717, 1.165) is 31.7 Å². The molecule has 5 aromatic carbocycles. The fourth-order valence-corrected chi connectivity index (χ4v) is 10.4. The van der Waals surface area contributed by atoms with Gasteiger partial charge in [0.05, 0.1) is 50.1 Å². The van der Waals surface area contributed by atoms with Crippen LogP contribution in [0.5, 0.6) is 11.5 Å². The summed E-state index contributed by atoms with van der Waals surface area (Å²) in [5.74, 6) is 0.0591. The van der Waals surface area contributed by atoms with Crippen molar-refractivity contribution >= 4 is 87.9 Å². The number of thioether (sulfide) groups is 1. The summed E-state index contributed by atoms with van der Waals surface area (Å²) >= 11 is 2.40. The van der Waals surface area contributed by atoms with Gasteiger partial charge in [0.15, 0.2) is 4.34 Å². The van der Waals surface area contributed by atoms with Crippen LogP contribution in [0, 0.1) is 20.2 Å². The minimum absolute atomic E-state index is 0.0186. The summed E-state index contributed by atoms with van der Waals surface area (Å²) in [6, 6.07) is 23.5. The average Bonchev–Trinajstić information content (AvgIpc) is 3.70. The molecule has 0 aliphatic heterocycles. The molecule has 0 saturated carbocycles. The van der Waals surface area contributed by atoms with Gasteiger partial charge in [-0.2, -0.15) is 0 Å². The van der Waals surface area contributed by atoms with E-state index < -0.39 is 36.0 Å². The highest BCUT2D eigenvalue weighted by Gasteiger charge is 2.23. The molecule has 24 heteroatoms. The van der Waals surface area contributed by atoms with Crippen molar-refractivity contribution in [2.45, 2.75) is 59.1 Å². The molecule has 65 heavy (non-hydrogen) atoms. The SMILES string of the molecule is CCCCCCOOCc1cccc(S(=O)(=O)Nc2ccc(OC)c(S(=O)(=O)Nc3ccc(NNC(=O)Oc4ccc([N+](=O)[O-])cc4CSc4nc5ccc([N+](=O)[O-])cc5s4)cc3)c2)c1. The van der Waals surface area contributed by atoms with Gasteiger partial charge in [-0.3, -0.25) is 35.1 Å². The normalized spacial score (nSPS) is 11.5. The van der Waals surface area contributed by atoms with E-state index in [1.165, 1.54) is 115 Å². The van der Waals surface area contributed by atoms with E-state index in [9.17, 15) is 41.9 Å². The minimum atomic E-state index is -4.37. The number of carbonyl (C=O) groups excluding carboxylic acids is 1.